The van der Waals surface area contributed by atoms with Crippen LogP contribution in [0.15, 0.2) is 35.3 Å². The molecule has 1 aliphatic rings. The lowest BCUT2D eigenvalue weighted by Gasteiger charge is -2.29. The second kappa shape index (κ2) is 11.9. The number of benzene rings is 1. The largest absolute Gasteiger partial charge is 0.370 e. The Hall–Kier alpha value is -2.94. The Morgan fingerprint density at radius 1 is 1.30 bits per heavy atom. The molecule has 1 fully saturated rings. The first kappa shape index (κ1) is 23.3. The fourth-order valence-electron chi connectivity index (χ4n) is 3.64. The van der Waals surface area contributed by atoms with Gasteiger partial charge in [0.15, 0.2) is 5.96 Å². The number of aldehydes is 1. The molecule has 0 saturated carbocycles. The van der Waals surface area contributed by atoms with Crippen LogP contribution in [0.3, 0.4) is 0 Å². The molecule has 1 heterocycles. The average molecular weight is 417 g/mol. The zero-order valence-electron chi connectivity index (χ0n) is 17.4. The number of nitrogens with one attached hydrogen (secondary N) is 2. The first-order valence-electron chi connectivity index (χ1n) is 10.3. The number of nitrogens with zero attached hydrogens (tertiary/aromatic N) is 2. The molecule has 6 N–H and O–H groups in total. The van der Waals surface area contributed by atoms with Crippen molar-refractivity contribution in [3.8, 4) is 0 Å². The highest BCUT2D eigenvalue weighted by molar-refractivity contribution is 5.91. The van der Waals surface area contributed by atoms with Gasteiger partial charge in [-0.05, 0) is 44.7 Å². The highest BCUT2D eigenvalue weighted by atomic mass is 16.2. The van der Waals surface area contributed by atoms with E-state index in [2.05, 4.69) is 15.6 Å². The lowest BCUT2D eigenvalue weighted by molar-refractivity contribution is -0.140. The molecular formula is C21H32N6O3. The predicted octanol–water partition coefficient (Wildman–Crippen LogP) is -0.455. The van der Waals surface area contributed by atoms with Gasteiger partial charge < -0.3 is 31.8 Å². The second-order valence-corrected chi connectivity index (χ2v) is 7.42. The van der Waals surface area contributed by atoms with E-state index in [0.717, 1.165) is 12.0 Å². The van der Waals surface area contributed by atoms with Crippen LogP contribution in [0.25, 0.3) is 0 Å². The standard InChI is InChI=1S/C21H32N6O3/c1-24-17(13-15-7-3-2-4-8-15)20(30)27-12-6-10-18(27)19(29)26-16(14-28)9-5-11-25-21(22)23/h2-4,7-8,14,16-18,24H,5-6,9-13H2,1H3,(H,26,29)(H4,22,23,25)/t16?,17-,18+/m1/s1. The molecule has 3 atom stereocenters. The number of rotatable bonds is 11. The minimum Gasteiger partial charge on any atom is -0.370 e. The predicted molar refractivity (Wildman–Crippen MR) is 116 cm³/mol. The number of likely N-dealkylation sites (tertiary alicyclic amines) is 1. The van der Waals surface area contributed by atoms with Crippen LogP contribution in [0, 0.1) is 0 Å². The molecule has 2 rings (SSSR count). The summed E-state index contributed by atoms with van der Waals surface area (Å²) in [5, 5.41) is 5.83. The minimum absolute atomic E-state index is 0.00334. The third-order valence-electron chi connectivity index (χ3n) is 5.23. The molecule has 1 aliphatic heterocycles. The Labute approximate surface area is 177 Å². The smallest absolute Gasteiger partial charge is 0.243 e. The van der Waals surface area contributed by atoms with Crippen molar-refractivity contribution in [2.75, 3.05) is 20.1 Å². The molecule has 1 aromatic rings. The number of hydrogen-bond donors (Lipinski definition) is 4. The Balaban J connectivity index is 1.95. The van der Waals surface area contributed by atoms with Crippen LogP contribution >= 0.6 is 0 Å². The molecule has 164 valence electrons. The third-order valence-corrected chi connectivity index (χ3v) is 5.23. The van der Waals surface area contributed by atoms with Crippen molar-refractivity contribution in [1.29, 1.82) is 0 Å². The normalized spacial score (nSPS) is 17.8. The summed E-state index contributed by atoms with van der Waals surface area (Å²) >= 11 is 0. The molecule has 1 aromatic carbocycles. The van der Waals surface area contributed by atoms with E-state index >= 15 is 0 Å². The van der Waals surface area contributed by atoms with Crippen molar-refractivity contribution in [3.63, 3.8) is 0 Å². The van der Waals surface area contributed by atoms with Gasteiger partial charge in [-0.1, -0.05) is 30.3 Å². The number of guanidine groups is 1. The number of amides is 2. The molecule has 0 radical (unpaired) electrons. The van der Waals surface area contributed by atoms with Gasteiger partial charge in [-0.2, -0.15) is 0 Å². The summed E-state index contributed by atoms with van der Waals surface area (Å²) in [6.45, 7) is 0.917. The van der Waals surface area contributed by atoms with Gasteiger partial charge in [0, 0.05) is 13.1 Å². The highest BCUT2D eigenvalue weighted by Gasteiger charge is 2.37. The van der Waals surface area contributed by atoms with Crippen molar-refractivity contribution >= 4 is 24.1 Å². The van der Waals surface area contributed by atoms with Crippen molar-refractivity contribution < 1.29 is 14.4 Å². The van der Waals surface area contributed by atoms with Crippen molar-refractivity contribution in [2.24, 2.45) is 16.5 Å². The van der Waals surface area contributed by atoms with Gasteiger partial charge in [-0.25, -0.2) is 0 Å². The monoisotopic (exact) mass is 416 g/mol. The fourth-order valence-corrected chi connectivity index (χ4v) is 3.64. The van der Waals surface area contributed by atoms with Crippen LogP contribution < -0.4 is 22.1 Å². The first-order chi connectivity index (χ1) is 14.5. The Bertz CT molecular complexity index is 736. The molecule has 30 heavy (non-hydrogen) atoms. The zero-order valence-corrected chi connectivity index (χ0v) is 17.4. The van der Waals surface area contributed by atoms with Gasteiger partial charge in [0.25, 0.3) is 0 Å². The summed E-state index contributed by atoms with van der Waals surface area (Å²) in [5.41, 5.74) is 11.6. The molecule has 9 nitrogen and oxygen atoms in total. The highest BCUT2D eigenvalue weighted by Crippen LogP contribution is 2.20. The third kappa shape index (κ3) is 6.84. The number of likely N-dealkylation sites (N-methyl/N-ethyl adjacent to an activating group) is 1. The molecule has 1 unspecified atom stereocenters. The van der Waals surface area contributed by atoms with E-state index in [9.17, 15) is 14.4 Å². The maximum atomic E-state index is 13.1. The summed E-state index contributed by atoms with van der Waals surface area (Å²) in [6.07, 6.45) is 3.58. The Morgan fingerprint density at radius 3 is 2.67 bits per heavy atom. The van der Waals surface area contributed by atoms with E-state index in [1.165, 1.54) is 0 Å². The number of hydrogen-bond acceptors (Lipinski definition) is 5. The van der Waals surface area contributed by atoms with Gasteiger partial charge in [0.1, 0.15) is 12.3 Å². The minimum atomic E-state index is -0.631. The molecule has 0 bridgehead atoms. The maximum absolute atomic E-state index is 13.1. The van der Waals surface area contributed by atoms with Crippen LogP contribution in [0.2, 0.25) is 0 Å². The SMILES string of the molecule is CN[C@H](Cc1ccccc1)C(=O)N1CCC[C@H]1C(=O)NC(C=O)CCCN=C(N)N. The van der Waals surface area contributed by atoms with Gasteiger partial charge in [-0.15, -0.1) is 0 Å². The summed E-state index contributed by atoms with van der Waals surface area (Å²) < 4.78 is 0. The van der Waals surface area contributed by atoms with Gasteiger partial charge in [-0.3, -0.25) is 14.6 Å². The number of carbonyl (C=O) groups is 3. The van der Waals surface area contributed by atoms with Gasteiger partial charge >= 0.3 is 0 Å². The molecule has 9 heteroatoms. The van der Waals surface area contributed by atoms with Crippen molar-refractivity contribution in [2.45, 2.75) is 50.2 Å². The summed E-state index contributed by atoms with van der Waals surface area (Å²) in [7, 11) is 1.75. The van der Waals surface area contributed by atoms with E-state index in [1.807, 2.05) is 30.3 Å². The summed E-state index contributed by atoms with van der Waals surface area (Å²) in [6, 6.07) is 8.14. The quantitative estimate of drug-likeness (QED) is 0.166. The number of carbonyl (C=O) groups excluding carboxylic acids is 3. The molecular weight excluding hydrogens is 384 g/mol. The van der Waals surface area contributed by atoms with E-state index in [-0.39, 0.29) is 17.8 Å². The zero-order chi connectivity index (χ0) is 21.9. The topological polar surface area (TPSA) is 143 Å². The van der Waals surface area contributed by atoms with E-state index in [4.69, 9.17) is 11.5 Å². The van der Waals surface area contributed by atoms with Gasteiger partial charge in [0.2, 0.25) is 11.8 Å². The van der Waals surface area contributed by atoms with Crippen molar-refractivity contribution in [1.82, 2.24) is 15.5 Å². The van der Waals surface area contributed by atoms with Crippen LogP contribution in [-0.4, -0.2) is 67.2 Å². The van der Waals surface area contributed by atoms with Crippen molar-refractivity contribution in [3.05, 3.63) is 35.9 Å². The Kier molecular flexibility index (Phi) is 9.27. The fraction of sp³-hybridized carbons (Fsp3) is 0.524. The molecule has 2 amide bonds. The number of nitrogens with two attached hydrogens (primary N) is 2. The summed E-state index contributed by atoms with van der Waals surface area (Å²) in [4.78, 5) is 42.8. The second-order valence-electron chi connectivity index (χ2n) is 7.42. The first-order valence-corrected chi connectivity index (χ1v) is 10.3. The van der Waals surface area contributed by atoms with E-state index < -0.39 is 18.1 Å². The molecule has 0 spiro atoms. The maximum Gasteiger partial charge on any atom is 0.243 e. The Morgan fingerprint density at radius 2 is 2.03 bits per heavy atom. The van der Waals surface area contributed by atoms with Crippen LogP contribution in [-0.2, 0) is 20.8 Å². The van der Waals surface area contributed by atoms with E-state index in [0.29, 0.717) is 45.1 Å². The lowest BCUT2D eigenvalue weighted by atomic mass is 10.0. The summed E-state index contributed by atoms with van der Waals surface area (Å²) in [5.74, 6) is -0.403. The van der Waals surface area contributed by atoms with Crippen LogP contribution in [0.1, 0.15) is 31.2 Å². The molecule has 0 aliphatic carbocycles. The van der Waals surface area contributed by atoms with Crippen LogP contribution in [0.4, 0.5) is 0 Å². The lowest BCUT2D eigenvalue weighted by Crippen LogP contribution is -2.54. The molecule has 1 saturated heterocycles. The molecule has 0 aromatic heterocycles. The van der Waals surface area contributed by atoms with Crippen LogP contribution in [0.5, 0.6) is 0 Å². The van der Waals surface area contributed by atoms with Gasteiger partial charge in [0.05, 0.1) is 12.1 Å². The number of aliphatic imine (C=N–C) groups is 1. The average Bonchev–Trinajstić information content (AvgIpc) is 3.24. The van der Waals surface area contributed by atoms with E-state index in [1.54, 1.807) is 11.9 Å².